The third kappa shape index (κ3) is 4.81. The molecule has 154 valence electrons. The minimum absolute atomic E-state index is 0.0478. The molecule has 0 saturated heterocycles. The van der Waals surface area contributed by atoms with E-state index in [0.717, 1.165) is 52.9 Å². The fourth-order valence-electron chi connectivity index (χ4n) is 3.97. The second kappa shape index (κ2) is 10.2. The average Bonchev–Trinajstić information content (AvgIpc) is 2.67. The second-order valence-corrected chi connectivity index (χ2v) is 8.30. The van der Waals surface area contributed by atoms with E-state index in [9.17, 15) is 9.50 Å². The molecular weight excluding hydrogens is 349 g/mol. The van der Waals surface area contributed by atoms with Crippen LogP contribution in [0.2, 0.25) is 0 Å². The Hall–Kier alpha value is -1.74. The molecule has 2 aromatic rings. The molecule has 0 atom stereocenters. The first-order chi connectivity index (χ1) is 13.3. The lowest BCUT2D eigenvalue weighted by Gasteiger charge is -2.24. The number of unbranched alkanes of at least 4 members (excludes halogenated alkanes) is 2. The predicted octanol–water partition coefficient (Wildman–Crippen LogP) is 6.92. The molecule has 0 fully saturated rings. The fraction of sp³-hybridized carbons (Fsp3) is 0.560. The number of halogens is 1. The van der Waals surface area contributed by atoms with Crippen LogP contribution in [-0.4, -0.2) is 10.1 Å². The third-order valence-electron chi connectivity index (χ3n) is 5.46. The maximum atomic E-state index is 14.2. The Kier molecular flexibility index (Phi) is 8.18. The molecule has 0 spiro atoms. The Labute approximate surface area is 170 Å². The van der Waals surface area contributed by atoms with E-state index < -0.39 is 0 Å². The molecule has 2 rings (SSSR count). The Balaban J connectivity index is 2.83. The van der Waals surface area contributed by atoms with Crippen LogP contribution in [-0.2, 0) is 19.4 Å². The third-order valence-corrected chi connectivity index (χ3v) is 5.46. The molecule has 0 aliphatic carbocycles. The number of pyridine rings is 1. The summed E-state index contributed by atoms with van der Waals surface area (Å²) in [7, 11) is 0. The quantitative estimate of drug-likeness (QED) is 0.475. The molecular formula is C25H36FNO. The highest BCUT2D eigenvalue weighted by Crippen LogP contribution is 2.38. The highest BCUT2D eigenvalue weighted by molar-refractivity contribution is 5.74. The van der Waals surface area contributed by atoms with Gasteiger partial charge in [0.05, 0.1) is 6.61 Å². The first kappa shape index (κ1) is 22.5. The number of aliphatic hydroxyl groups is 1. The lowest BCUT2D eigenvalue weighted by atomic mass is 9.85. The molecule has 1 aromatic heterocycles. The van der Waals surface area contributed by atoms with Crippen LogP contribution >= 0.6 is 0 Å². The summed E-state index contributed by atoms with van der Waals surface area (Å²) in [5.41, 5.74) is 7.01. The Morgan fingerprint density at radius 2 is 1.61 bits per heavy atom. The largest absolute Gasteiger partial charge is 0.392 e. The van der Waals surface area contributed by atoms with Crippen LogP contribution < -0.4 is 0 Å². The number of benzene rings is 1. The molecule has 0 bridgehead atoms. The molecule has 0 aliphatic heterocycles. The second-order valence-electron chi connectivity index (χ2n) is 8.30. The summed E-state index contributed by atoms with van der Waals surface area (Å²) in [6, 6.07) is 5.39. The summed E-state index contributed by atoms with van der Waals surface area (Å²) in [6.07, 6.45) is 5.01. The van der Waals surface area contributed by atoms with Crippen molar-refractivity contribution < 1.29 is 9.50 Å². The smallest absolute Gasteiger partial charge is 0.126 e. The van der Waals surface area contributed by atoms with Gasteiger partial charge in [0.2, 0.25) is 0 Å². The van der Waals surface area contributed by atoms with Gasteiger partial charge in [-0.1, -0.05) is 60.5 Å². The molecule has 28 heavy (non-hydrogen) atoms. The molecule has 2 nitrogen and oxygen atoms in total. The van der Waals surface area contributed by atoms with Crippen molar-refractivity contribution >= 4 is 0 Å². The van der Waals surface area contributed by atoms with Crippen LogP contribution in [0, 0.1) is 5.82 Å². The van der Waals surface area contributed by atoms with E-state index in [0.29, 0.717) is 12.3 Å². The summed E-state index contributed by atoms with van der Waals surface area (Å²) in [6.45, 7) is 12.7. The number of aryl methyl sites for hydroxylation is 1. The minimum Gasteiger partial charge on any atom is -0.392 e. The van der Waals surface area contributed by atoms with Crippen molar-refractivity contribution in [2.75, 3.05) is 0 Å². The standard InChI is InChI=1S/C25H36FNO/c1-7-9-10-11-20-23(19-12-13-22(26)18(8-2)14-19)21(15-28)25(17(5)6)27-24(20)16(3)4/h12-14,16-17,28H,7-11,15H2,1-6H3. The normalized spacial score (nSPS) is 11.6. The van der Waals surface area contributed by atoms with Gasteiger partial charge in [-0.05, 0) is 65.5 Å². The highest BCUT2D eigenvalue weighted by Gasteiger charge is 2.23. The van der Waals surface area contributed by atoms with Gasteiger partial charge in [-0.25, -0.2) is 4.39 Å². The molecule has 0 amide bonds. The monoisotopic (exact) mass is 385 g/mol. The SMILES string of the molecule is CCCCCc1c(C(C)C)nc(C(C)C)c(CO)c1-c1ccc(F)c(CC)c1. The predicted molar refractivity (Wildman–Crippen MR) is 116 cm³/mol. The lowest BCUT2D eigenvalue weighted by molar-refractivity contribution is 0.279. The maximum Gasteiger partial charge on any atom is 0.126 e. The van der Waals surface area contributed by atoms with Crippen LogP contribution in [0.1, 0.15) is 101 Å². The summed E-state index contributed by atoms with van der Waals surface area (Å²) < 4.78 is 14.2. The van der Waals surface area contributed by atoms with Gasteiger partial charge in [0.25, 0.3) is 0 Å². The van der Waals surface area contributed by atoms with Gasteiger partial charge < -0.3 is 5.11 Å². The molecule has 1 N–H and O–H groups in total. The molecule has 0 radical (unpaired) electrons. The van der Waals surface area contributed by atoms with Crippen LogP contribution in [0.4, 0.5) is 4.39 Å². The van der Waals surface area contributed by atoms with E-state index in [1.165, 1.54) is 12.0 Å². The maximum absolute atomic E-state index is 14.2. The minimum atomic E-state index is -0.161. The number of aliphatic hydroxyl groups excluding tert-OH is 1. The van der Waals surface area contributed by atoms with Crippen molar-refractivity contribution in [2.45, 2.75) is 92.1 Å². The lowest BCUT2D eigenvalue weighted by Crippen LogP contribution is -2.12. The number of aromatic nitrogens is 1. The average molecular weight is 386 g/mol. The van der Waals surface area contributed by atoms with E-state index in [2.05, 4.69) is 34.6 Å². The Morgan fingerprint density at radius 3 is 2.14 bits per heavy atom. The van der Waals surface area contributed by atoms with E-state index >= 15 is 0 Å². The van der Waals surface area contributed by atoms with Gasteiger partial charge in [-0.15, -0.1) is 0 Å². The number of hydrogen-bond acceptors (Lipinski definition) is 2. The first-order valence-corrected chi connectivity index (χ1v) is 10.8. The molecule has 1 aromatic carbocycles. The van der Waals surface area contributed by atoms with Crippen LogP contribution in [0.25, 0.3) is 11.1 Å². The van der Waals surface area contributed by atoms with Crippen molar-refractivity contribution in [3.8, 4) is 11.1 Å². The zero-order valence-corrected chi connectivity index (χ0v) is 18.4. The van der Waals surface area contributed by atoms with E-state index in [1.807, 2.05) is 19.1 Å². The molecule has 3 heteroatoms. The molecule has 0 unspecified atom stereocenters. The number of rotatable bonds is 9. The van der Waals surface area contributed by atoms with Gasteiger partial charge in [0.1, 0.15) is 5.82 Å². The first-order valence-electron chi connectivity index (χ1n) is 10.8. The van der Waals surface area contributed by atoms with Crippen molar-refractivity contribution in [2.24, 2.45) is 0 Å². The topological polar surface area (TPSA) is 33.1 Å². The Bertz CT molecular complexity index is 796. The van der Waals surface area contributed by atoms with Crippen LogP contribution in [0.3, 0.4) is 0 Å². The number of nitrogens with zero attached hydrogens (tertiary/aromatic N) is 1. The van der Waals surface area contributed by atoms with Crippen molar-refractivity contribution in [3.05, 3.63) is 52.1 Å². The summed E-state index contributed by atoms with van der Waals surface area (Å²) in [5.74, 6) is 0.354. The highest BCUT2D eigenvalue weighted by atomic mass is 19.1. The zero-order valence-electron chi connectivity index (χ0n) is 18.4. The van der Waals surface area contributed by atoms with Gasteiger partial charge in [-0.2, -0.15) is 0 Å². The van der Waals surface area contributed by atoms with E-state index in [-0.39, 0.29) is 18.3 Å². The molecule has 0 saturated carbocycles. The van der Waals surface area contributed by atoms with Gasteiger partial charge in [0.15, 0.2) is 0 Å². The van der Waals surface area contributed by atoms with Gasteiger partial charge in [0, 0.05) is 17.0 Å². The van der Waals surface area contributed by atoms with Crippen molar-refractivity contribution in [1.29, 1.82) is 0 Å². The zero-order chi connectivity index (χ0) is 20.8. The van der Waals surface area contributed by atoms with E-state index in [1.54, 1.807) is 6.07 Å². The molecule has 0 aliphatic rings. The van der Waals surface area contributed by atoms with Crippen LogP contribution in [0.15, 0.2) is 18.2 Å². The van der Waals surface area contributed by atoms with E-state index in [4.69, 9.17) is 4.98 Å². The Morgan fingerprint density at radius 1 is 0.964 bits per heavy atom. The van der Waals surface area contributed by atoms with Gasteiger partial charge >= 0.3 is 0 Å². The number of hydrogen-bond donors (Lipinski definition) is 1. The van der Waals surface area contributed by atoms with Gasteiger partial charge in [-0.3, -0.25) is 4.98 Å². The summed E-state index contributed by atoms with van der Waals surface area (Å²) in [4.78, 5) is 5.03. The van der Waals surface area contributed by atoms with Crippen molar-refractivity contribution in [3.63, 3.8) is 0 Å². The summed E-state index contributed by atoms with van der Waals surface area (Å²) in [5, 5.41) is 10.3. The van der Waals surface area contributed by atoms with Crippen LogP contribution in [0.5, 0.6) is 0 Å². The fourth-order valence-corrected chi connectivity index (χ4v) is 3.97. The molecule has 1 heterocycles. The summed E-state index contributed by atoms with van der Waals surface area (Å²) >= 11 is 0. The van der Waals surface area contributed by atoms with Crippen molar-refractivity contribution in [1.82, 2.24) is 4.98 Å².